The number of nitrogens with zero attached hydrogens (tertiary/aromatic N) is 3. The summed E-state index contributed by atoms with van der Waals surface area (Å²) in [5.41, 5.74) is 4.35. The molecule has 1 aliphatic carbocycles. The highest BCUT2D eigenvalue weighted by molar-refractivity contribution is 7.80. The molecule has 1 aliphatic heterocycles. The first-order chi connectivity index (χ1) is 19.1. The van der Waals surface area contributed by atoms with E-state index in [0.29, 0.717) is 16.8 Å². The first kappa shape index (κ1) is 25.1. The van der Waals surface area contributed by atoms with Crippen LogP contribution in [0.5, 0.6) is 5.75 Å². The number of carbonyl (C=O) groups excluding carboxylic acids is 1. The van der Waals surface area contributed by atoms with Crippen molar-refractivity contribution in [2.24, 2.45) is 0 Å². The summed E-state index contributed by atoms with van der Waals surface area (Å²) in [7, 11) is 1.38. The third kappa shape index (κ3) is 5.00. The topological polar surface area (TPSA) is 68.6 Å². The Morgan fingerprint density at radius 3 is 2.38 bits per heavy atom. The molecule has 3 heterocycles. The van der Waals surface area contributed by atoms with E-state index < -0.39 is 0 Å². The zero-order valence-corrected chi connectivity index (χ0v) is 22.5. The Kier molecular flexibility index (Phi) is 7.02. The lowest BCUT2D eigenvalue weighted by atomic mass is 10.0. The number of hydrogen-bond donors (Lipinski definition) is 1. The van der Waals surface area contributed by atoms with Gasteiger partial charge in [0.05, 0.1) is 30.5 Å². The van der Waals surface area contributed by atoms with E-state index >= 15 is 0 Å². The van der Waals surface area contributed by atoms with Crippen LogP contribution >= 0.6 is 12.2 Å². The van der Waals surface area contributed by atoms with E-state index in [1.54, 1.807) is 18.3 Å². The van der Waals surface area contributed by atoms with Gasteiger partial charge in [0.2, 0.25) is 0 Å². The van der Waals surface area contributed by atoms with E-state index in [2.05, 4.69) is 38.0 Å². The second-order valence-electron chi connectivity index (χ2n) is 9.86. The number of anilines is 1. The minimum absolute atomic E-state index is 0.170. The SMILES string of the molecule is COC(=O)c1ccc(-n2cccc2C2C(c3ccccn3)NC(=S)N2c2ccc(OC3CCCC3)cc2)cc1. The van der Waals surface area contributed by atoms with Crippen molar-refractivity contribution in [2.45, 2.75) is 43.9 Å². The molecular weight excluding hydrogens is 508 g/mol. The minimum Gasteiger partial charge on any atom is -0.490 e. The zero-order valence-electron chi connectivity index (χ0n) is 21.7. The molecule has 1 saturated heterocycles. The fourth-order valence-electron chi connectivity index (χ4n) is 5.56. The first-order valence-corrected chi connectivity index (χ1v) is 13.7. The number of carbonyl (C=O) groups is 1. The van der Waals surface area contributed by atoms with Crippen molar-refractivity contribution < 1.29 is 14.3 Å². The Hall–Kier alpha value is -4.17. The van der Waals surface area contributed by atoms with Gasteiger partial charge < -0.3 is 24.3 Å². The van der Waals surface area contributed by atoms with Crippen LogP contribution in [-0.2, 0) is 4.74 Å². The van der Waals surface area contributed by atoms with Crippen molar-refractivity contribution >= 4 is 29.0 Å². The fraction of sp³-hybridized carbons (Fsp3) is 0.258. The number of nitrogens with one attached hydrogen (secondary N) is 1. The van der Waals surface area contributed by atoms with Crippen molar-refractivity contribution in [3.63, 3.8) is 0 Å². The van der Waals surface area contributed by atoms with Crippen LogP contribution in [0.4, 0.5) is 5.69 Å². The second kappa shape index (κ2) is 10.9. The number of ether oxygens (including phenoxy) is 2. The van der Waals surface area contributed by atoms with Gasteiger partial charge in [-0.15, -0.1) is 0 Å². The van der Waals surface area contributed by atoms with Crippen LogP contribution in [0, 0.1) is 0 Å². The van der Waals surface area contributed by atoms with Crippen LogP contribution in [0.15, 0.2) is 91.3 Å². The molecule has 2 atom stereocenters. The predicted molar refractivity (Wildman–Crippen MR) is 154 cm³/mol. The van der Waals surface area contributed by atoms with E-state index in [1.165, 1.54) is 20.0 Å². The highest BCUT2D eigenvalue weighted by Crippen LogP contribution is 2.42. The summed E-state index contributed by atoms with van der Waals surface area (Å²) in [6.45, 7) is 0. The normalized spacial score (nSPS) is 19.2. The Labute approximate surface area is 233 Å². The average molecular weight is 539 g/mol. The molecule has 0 radical (unpaired) electrons. The van der Waals surface area contributed by atoms with Crippen molar-refractivity contribution in [3.8, 4) is 11.4 Å². The summed E-state index contributed by atoms with van der Waals surface area (Å²) in [5.74, 6) is 0.525. The molecule has 8 heteroatoms. The predicted octanol–water partition coefficient (Wildman–Crippen LogP) is 6.16. The number of esters is 1. The molecule has 6 rings (SSSR count). The average Bonchev–Trinajstić information content (AvgIpc) is 3.74. The maximum Gasteiger partial charge on any atom is 0.337 e. The summed E-state index contributed by atoms with van der Waals surface area (Å²) < 4.78 is 13.2. The van der Waals surface area contributed by atoms with E-state index in [1.807, 2.05) is 54.7 Å². The summed E-state index contributed by atoms with van der Waals surface area (Å²) >= 11 is 5.91. The summed E-state index contributed by atoms with van der Waals surface area (Å²) in [5, 5.41) is 4.16. The number of thiocarbonyl (C=S) groups is 1. The number of pyridine rings is 1. The molecule has 4 aromatic rings. The molecule has 2 unspecified atom stereocenters. The van der Waals surface area contributed by atoms with Gasteiger partial charge in [-0.3, -0.25) is 4.98 Å². The van der Waals surface area contributed by atoms with Gasteiger partial charge in [0.25, 0.3) is 0 Å². The fourth-order valence-corrected chi connectivity index (χ4v) is 5.91. The number of methoxy groups -OCH3 is 1. The van der Waals surface area contributed by atoms with Crippen molar-refractivity contribution in [1.29, 1.82) is 0 Å². The van der Waals surface area contributed by atoms with Gasteiger partial charge in [-0.25, -0.2) is 4.79 Å². The molecular formula is C31H30N4O3S. The van der Waals surface area contributed by atoms with Crippen molar-refractivity contribution in [1.82, 2.24) is 14.9 Å². The Morgan fingerprint density at radius 1 is 0.949 bits per heavy atom. The minimum atomic E-state index is -0.360. The maximum absolute atomic E-state index is 12.0. The Bertz CT molecular complexity index is 1450. The van der Waals surface area contributed by atoms with E-state index in [0.717, 1.165) is 41.4 Å². The number of hydrogen-bond acceptors (Lipinski definition) is 5. The standard InChI is InChI=1S/C31H30N4O3S/c1-37-30(36)21-11-13-22(14-12-21)34-20-6-10-27(34)29-28(26-9-4-5-19-32-26)33-31(39)35(29)23-15-17-25(18-16-23)38-24-7-2-3-8-24/h4-6,9-20,24,28-29H,2-3,7-8H2,1H3,(H,33,39). The molecule has 1 saturated carbocycles. The van der Waals surface area contributed by atoms with Crippen LogP contribution in [0.1, 0.15) is 59.5 Å². The van der Waals surface area contributed by atoms with Gasteiger partial charge in [0.1, 0.15) is 11.8 Å². The molecule has 7 nitrogen and oxygen atoms in total. The zero-order chi connectivity index (χ0) is 26.8. The van der Waals surface area contributed by atoms with Crippen molar-refractivity contribution in [2.75, 3.05) is 12.0 Å². The van der Waals surface area contributed by atoms with Crippen molar-refractivity contribution in [3.05, 3.63) is 108 Å². The Morgan fingerprint density at radius 2 is 1.69 bits per heavy atom. The van der Waals surface area contributed by atoms with Gasteiger partial charge >= 0.3 is 5.97 Å². The van der Waals surface area contributed by atoms with Gasteiger partial charge in [-0.2, -0.15) is 0 Å². The van der Waals surface area contributed by atoms with Gasteiger partial charge in [-0.05, 0) is 111 Å². The molecule has 2 fully saturated rings. The van der Waals surface area contributed by atoms with Gasteiger partial charge in [-0.1, -0.05) is 6.07 Å². The lowest BCUT2D eigenvalue weighted by Gasteiger charge is -2.29. The number of aromatic nitrogens is 2. The highest BCUT2D eigenvalue weighted by atomic mass is 32.1. The molecule has 0 spiro atoms. The summed E-state index contributed by atoms with van der Waals surface area (Å²) in [6, 6.07) is 25.3. The van der Waals surface area contributed by atoms with E-state index in [-0.39, 0.29) is 18.1 Å². The third-order valence-electron chi connectivity index (χ3n) is 7.47. The summed E-state index contributed by atoms with van der Waals surface area (Å²) in [4.78, 5) is 18.8. The van der Waals surface area contributed by atoms with Crippen LogP contribution in [0.2, 0.25) is 0 Å². The largest absolute Gasteiger partial charge is 0.490 e. The number of benzene rings is 2. The van der Waals surface area contributed by atoms with Crippen LogP contribution < -0.4 is 15.0 Å². The molecule has 1 N–H and O–H groups in total. The lowest BCUT2D eigenvalue weighted by Crippen LogP contribution is -2.30. The van der Waals surface area contributed by atoms with Gasteiger partial charge in [0.15, 0.2) is 5.11 Å². The second-order valence-corrected chi connectivity index (χ2v) is 10.2. The molecule has 39 heavy (non-hydrogen) atoms. The molecule has 2 aliphatic rings. The first-order valence-electron chi connectivity index (χ1n) is 13.3. The van der Waals surface area contributed by atoms with Crippen LogP contribution in [0.3, 0.4) is 0 Å². The highest BCUT2D eigenvalue weighted by Gasteiger charge is 2.42. The van der Waals surface area contributed by atoms with Gasteiger partial charge in [0, 0.05) is 29.5 Å². The smallest absolute Gasteiger partial charge is 0.337 e. The van der Waals surface area contributed by atoms with Crippen LogP contribution in [-0.4, -0.2) is 33.8 Å². The molecule has 0 bridgehead atoms. The monoisotopic (exact) mass is 538 g/mol. The number of rotatable bonds is 7. The molecule has 2 aromatic carbocycles. The molecule has 198 valence electrons. The third-order valence-corrected chi connectivity index (χ3v) is 7.78. The summed E-state index contributed by atoms with van der Waals surface area (Å²) in [6.07, 6.45) is 8.84. The quantitative estimate of drug-likeness (QED) is 0.223. The lowest BCUT2D eigenvalue weighted by molar-refractivity contribution is 0.0600. The molecule has 2 aromatic heterocycles. The van der Waals surface area contributed by atoms with E-state index in [9.17, 15) is 4.79 Å². The Balaban J connectivity index is 1.37. The molecule has 0 amide bonds. The maximum atomic E-state index is 12.0. The van der Waals surface area contributed by atoms with Crippen LogP contribution in [0.25, 0.3) is 5.69 Å². The van der Waals surface area contributed by atoms with E-state index in [4.69, 9.17) is 21.7 Å².